The molecule has 1 rings (SSSR count). The van der Waals surface area contributed by atoms with E-state index in [4.69, 9.17) is 5.73 Å². The zero-order chi connectivity index (χ0) is 16.0. The number of methoxy groups -OCH3 is 1. The molecule has 4 nitrogen and oxygen atoms in total. The van der Waals surface area contributed by atoms with Crippen molar-refractivity contribution >= 4 is 17.8 Å². The Morgan fingerprint density at radius 3 is 2.40 bits per heavy atom. The number of hydrogen-bond donors (Lipinski definition) is 1. The van der Waals surface area contributed by atoms with Gasteiger partial charge in [0, 0.05) is 13.7 Å². The Hall–Kier alpha value is -1.75. The number of nitrogens with two attached hydrogens (primary N) is 1. The standard InChI is InChI=1S/C10H11FN2O.C3H8O.C2H6/c1-7-2-3-9(8(11)6-7)13-10(12)4-5-14;1-3-4-2;1-2/h2-3,5-6H,4H2,1H3,(H2,12,13);3H2,1-2H3;1-2H3. The van der Waals surface area contributed by atoms with Gasteiger partial charge in [0.2, 0.25) is 0 Å². The number of aryl methyl sites for hydroxylation is 1. The van der Waals surface area contributed by atoms with Gasteiger partial charge in [0.15, 0.2) is 0 Å². The Morgan fingerprint density at radius 2 is 2.00 bits per heavy atom. The van der Waals surface area contributed by atoms with E-state index >= 15 is 0 Å². The van der Waals surface area contributed by atoms with E-state index in [1.165, 1.54) is 12.1 Å². The number of halogens is 1. The second-order valence-corrected chi connectivity index (χ2v) is 3.51. The highest BCUT2D eigenvalue weighted by atomic mass is 19.1. The van der Waals surface area contributed by atoms with Crippen LogP contribution < -0.4 is 5.73 Å². The van der Waals surface area contributed by atoms with Gasteiger partial charge in [0.1, 0.15) is 23.6 Å². The monoisotopic (exact) mass is 284 g/mol. The average molecular weight is 284 g/mol. The lowest BCUT2D eigenvalue weighted by Crippen LogP contribution is -2.11. The molecule has 20 heavy (non-hydrogen) atoms. The maximum Gasteiger partial charge on any atom is 0.149 e. The van der Waals surface area contributed by atoms with Crippen LogP contribution in [0.3, 0.4) is 0 Å². The van der Waals surface area contributed by atoms with Gasteiger partial charge in [-0.3, -0.25) is 0 Å². The Balaban J connectivity index is 0. The zero-order valence-corrected chi connectivity index (χ0v) is 12.9. The number of ether oxygens (including phenoxy) is 1. The molecule has 2 N–H and O–H groups in total. The molecule has 0 unspecified atom stereocenters. The van der Waals surface area contributed by atoms with Crippen LogP contribution in [-0.2, 0) is 9.53 Å². The fourth-order valence-electron chi connectivity index (χ4n) is 0.988. The third kappa shape index (κ3) is 10.2. The second-order valence-electron chi connectivity index (χ2n) is 3.51. The van der Waals surface area contributed by atoms with E-state index < -0.39 is 5.82 Å². The summed E-state index contributed by atoms with van der Waals surface area (Å²) in [5.41, 5.74) is 6.35. The highest BCUT2D eigenvalue weighted by Gasteiger charge is 2.01. The molecule has 0 heterocycles. The lowest BCUT2D eigenvalue weighted by Gasteiger charge is -1.99. The molecule has 0 aliphatic rings. The van der Waals surface area contributed by atoms with Crippen LogP contribution in [0.1, 0.15) is 32.8 Å². The topological polar surface area (TPSA) is 64.7 Å². The van der Waals surface area contributed by atoms with Crippen molar-refractivity contribution in [2.45, 2.75) is 34.1 Å². The van der Waals surface area contributed by atoms with E-state index in [-0.39, 0.29) is 17.9 Å². The summed E-state index contributed by atoms with van der Waals surface area (Å²) in [6.07, 6.45) is 0.651. The number of amidine groups is 1. The summed E-state index contributed by atoms with van der Waals surface area (Å²) in [7, 11) is 1.68. The Morgan fingerprint density at radius 1 is 1.45 bits per heavy atom. The third-order valence-electron chi connectivity index (χ3n) is 1.95. The molecule has 0 bridgehead atoms. The van der Waals surface area contributed by atoms with E-state index in [2.05, 4.69) is 9.73 Å². The molecule has 5 heteroatoms. The van der Waals surface area contributed by atoms with Crippen LogP contribution in [-0.4, -0.2) is 25.8 Å². The summed E-state index contributed by atoms with van der Waals surface area (Å²) in [5.74, 6) is -0.318. The van der Waals surface area contributed by atoms with Gasteiger partial charge >= 0.3 is 0 Å². The van der Waals surface area contributed by atoms with Crippen LogP contribution in [0.25, 0.3) is 0 Å². The van der Waals surface area contributed by atoms with Gasteiger partial charge in [0.05, 0.1) is 6.42 Å². The van der Waals surface area contributed by atoms with Gasteiger partial charge in [-0.2, -0.15) is 0 Å². The van der Waals surface area contributed by atoms with Gasteiger partial charge in [-0.15, -0.1) is 0 Å². The number of carbonyl (C=O) groups is 1. The predicted molar refractivity (Wildman–Crippen MR) is 82.0 cm³/mol. The molecule has 0 atom stereocenters. The van der Waals surface area contributed by atoms with Crippen LogP contribution in [0, 0.1) is 12.7 Å². The molecule has 0 aliphatic heterocycles. The van der Waals surface area contributed by atoms with Gasteiger partial charge in [0.25, 0.3) is 0 Å². The van der Waals surface area contributed by atoms with Crippen LogP contribution in [0.2, 0.25) is 0 Å². The number of aliphatic imine (C=N–C) groups is 1. The summed E-state index contributed by atoms with van der Waals surface area (Å²) >= 11 is 0. The molecule has 1 aromatic rings. The van der Waals surface area contributed by atoms with Gasteiger partial charge in [-0.1, -0.05) is 19.9 Å². The average Bonchev–Trinajstić information content (AvgIpc) is 2.45. The van der Waals surface area contributed by atoms with Gasteiger partial charge in [-0.25, -0.2) is 9.38 Å². The highest BCUT2D eigenvalue weighted by Crippen LogP contribution is 2.18. The third-order valence-corrected chi connectivity index (χ3v) is 1.95. The summed E-state index contributed by atoms with van der Waals surface area (Å²) < 4.78 is 17.7. The summed E-state index contributed by atoms with van der Waals surface area (Å²) in [4.78, 5) is 13.9. The Kier molecular flexibility index (Phi) is 14.1. The van der Waals surface area contributed by atoms with E-state index in [1.807, 2.05) is 20.8 Å². The maximum absolute atomic E-state index is 13.2. The normalized spacial score (nSPS) is 9.80. The number of carbonyl (C=O) groups excluding carboxylic acids is 1. The molecule has 114 valence electrons. The van der Waals surface area contributed by atoms with Crippen LogP contribution in [0.4, 0.5) is 10.1 Å². The summed E-state index contributed by atoms with van der Waals surface area (Å²) in [6, 6.07) is 4.63. The van der Waals surface area contributed by atoms with Crippen LogP contribution in [0.15, 0.2) is 23.2 Å². The number of rotatable bonds is 4. The number of benzene rings is 1. The minimum atomic E-state index is -0.432. The SMILES string of the molecule is CC.CCOC.Cc1ccc(N=C(N)CC=O)c(F)c1. The molecule has 0 spiro atoms. The van der Waals surface area contributed by atoms with Crippen molar-refractivity contribution in [1.29, 1.82) is 0 Å². The second kappa shape index (κ2) is 13.7. The van der Waals surface area contributed by atoms with Crippen molar-refractivity contribution < 1.29 is 13.9 Å². The van der Waals surface area contributed by atoms with Gasteiger partial charge in [-0.05, 0) is 31.5 Å². The summed E-state index contributed by atoms with van der Waals surface area (Å²) in [6.45, 7) is 8.56. The largest absolute Gasteiger partial charge is 0.387 e. The Labute approximate surface area is 120 Å². The number of hydrogen-bond acceptors (Lipinski definition) is 3. The minimum absolute atomic E-state index is 0.0211. The fourth-order valence-corrected chi connectivity index (χ4v) is 0.988. The van der Waals surface area contributed by atoms with E-state index in [0.29, 0.717) is 6.29 Å². The minimum Gasteiger partial charge on any atom is -0.387 e. The molecular weight excluding hydrogens is 259 g/mol. The van der Waals surface area contributed by atoms with Gasteiger partial charge < -0.3 is 15.3 Å². The van der Waals surface area contributed by atoms with E-state index in [0.717, 1.165) is 12.2 Å². The first-order valence-corrected chi connectivity index (χ1v) is 6.56. The molecule has 0 amide bonds. The van der Waals surface area contributed by atoms with Crippen molar-refractivity contribution in [2.75, 3.05) is 13.7 Å². The molecule has 0 aliphatic carbocycles. The fraction of sp³-hybridized carbons (Fsp3) is 0.467. The van der Waals surface area contributed by atoms with Crippen molar-refractivity contribution in [1.82, 2.24) is 0 Å². The maximum atomic E-state index is 13.2. The molecule has 0 saturated heterocycles. The predicted octanol–water partition coefficient (Wildman–Crippen LogP) is 3.39. The molecule has 0 saturated carbocycles. The molecule has 0 fully saturated rings. The van der Waals surface area contributed by atoms with E-state index in [1.54, 1.807) is 20.1 Å². The van der Waals surface area contributed by atoms with Crippen LogP contribution >= 0.6 is 0 Å². The van der Waals surface area contributed by atoms with E-state index in [9.17, 15) is 9.18 Å². The summed E-state index contributed by atoms with van der Waals surface area (Å²) in [5, 5.41) is 0. The number of aldehydes is 1. The van der Waals surface area contributed by atoms with Crippen molar-refractivity contribution in [3.05, 3.63) is 29.6 Å². The lowest BCUT2D eigenvalue weighted by atomic mass is 10.2. The van der Waals surface area contributed by atoms with Crippen molar-refractivity contribution in [3.63, 3.8) is 0 Å². The first-order chi connectivity index (χ1) is 9.54. The van der Waals surface area contributed by atoms with Crippen molar-refractivity contribution in [3.8, 4) is 0 Å². The smallest absolute Gasteiger partial charge is 0.149 e. The van der Waals surface area contributed by atoms with Crippen LogP contribution in [0.5, 0.6) is 0 Å². The molecule has 0 radical (unpaired) electrons. The first-order valence-electron chi connectivity index (χ1n) is 6.56. The highest BCUT2D eigenvalue weighted by molar-refractivity contribution is 5.92. The Bertz CT molecular complexity index is 405. The number of nitrogens with zero attached hydrogens (tertiary/aromatic N) is 1. The lowest BCUT2D eigenvalue weighted by molar-refractivity contribution is -0.106. The zero-order valence-electron chi connectivity index (χ0n) is 12.9. The quantitative estimate of drug-likeness (QED) is 0.523. The molecule has 1 aromatic carbocycles. The van der Waals surface area contributed by atoms with Crippen molar-refractivity contribution in [2.24, 2.45) is 10.7 Å². The molecule has 0 aromatic heterocycles. The first kappa shape index (κ1) is 20.6. The molecular formula is C15H25FN2O2.